The van der Waals surface area contributed by atoms with Crippen LogP contribution < -0.4 is 22.5 Å². The van der Waals surface area contributed by atoms with Crippen LogP contribution in [0.2, 0.25) is 0 Å². The molecule has 10 atom stereocenters. The van der Waals surface area contributed by atoms with E-state index in [0.717, 1.165) is 84.2 Å². The smallest absolute Gasteiger partial charge is 0.220 e. The summed E-state index contributed by atoms with van der Waals surface area (Å²) >= 11 is 0. The van der Waals surface area contributed by atoms with Crippen LogP contribution >= 0.6 is 0 Å². The van der Waals surface area contributed by atoms with Gasteiger partial charge in [0.2, 0.25) is 5.91 Å². The average molecular weight is 677 g/mol. The fraction of sp³-hybridized carbons (Fsp3) is 0.975. The Morgan fingerprint density at radius 1 is 0.812 bits per heavy atom. The van der Waals surface area contributed by atoms with Crippen molar-refractivity contribution >= 4 is 5.91 Å². The quantitative estimate of drug-likeness (QED) is 0.0884. The van der Waals surface area contributed by atoms with Gasteiger partial charge in [0.25, 0.3) is 0 Å². The molecule has 0 heterocycles. The number of hydrogen-bond donors (Lipinski definition) is 4. The molecule has 4 saturated carbocycles. The van der Waals surface area contributed by atoms with Crippen molar-refractivity contribution < 1.29 is 19.0 Å². The Morgan fingerprint density at radius 3 is 2.23 bits per heavy atom. The van der Waals surface area contributed by atoms with E-state index in [1.807, 2.05) is 0 Å². The summed E-state index contributed by atoms with van der Waals surface area (Å²) in [6, 6.07) is 0. The van der Waals surface area contributed by atoms with Crippen LogP contribution in [0.3, 0.4) is 0 Å². The SMILES string of the molecule is CCCCCCCCNC(=O)CC[C@@H](C)[C@@]12CCC[C@H]1C1[C@H](OCCCN)CC3C[C@H](OCCCN)CC[C@]3(C)[C@H]1C[C@@H]2OCCCN. The molecule has 0 aromatic heterocycles. The summed E-state index contributed by atoms with van der Waals surface area (Å²) in [4.78, 5) is 13.1. The van der Waals surface area contributed by atoms with Crippen LogP contribution in [0.15, 0.2) is 0 Å². The van der Waals surface area contributed by atoms with Gasteiger partial charge in [-0.2, -0.15) is 0 Å². The van der Waals surface area contributed by atoms with Crippen molar-refractivity contribution in [1.29, 1.82) is 0 Å². The van der Waals surface area contributed by atoms with E-state index >= 15 is 0 Å². The molecule has 4 aliphatic carbocycles. The van der Waals surface area contributed by atoms with Gasteiger partial charge in [0, 0.05) is 38.2 Å². The highest BCUT2D eigenvalue weighted by Gasteiger charge is 2.66. The Bertz CT molecular complexity index is 924. The number of fused-ring (bicyclic) bond motifs is 5. The predicted molar refractivity (Wildman–Crippen MR) is 196 cm³/mol. The maximum atomic E-state index is 13.1. The number of carbonyl (C=O) groups is 1. The molecule has 48 heavy (non-hydrogen) atoms. The van der Waals surface area contributed by atoms with Gasteiger partial charge in [-0.15, -0.1) is 0 Å². The first-order chi connectivity index (χ1) is 23.3. The largest absolute Gasteiger partial charge is 0.378 e. The molecular weight excluding hydrogens is 600 g/mol. The van der Waals surface area contributed by atoms with Gasteiger partial charge in [0.15, 0.2) is 0 Å². The van der Waals surface area contributed by atoms with Crippen molar-refractivity contribution in [1.82, 2.24) is 5.32 Å². The van der Waals surface area contributed by atoms with Crippen molar-refractivity contribution in [3.05, 3.63) is 0 Å². The number of nitrogens with one attached hydrogen (secondary N) is 1. The third kappa shape index (κ3) is 9.76. The number of ether oxygens (including phenoxy) is 3. The third-order valence-electron chi connectivity index (χ3n) is 13.7. The molecule has 4 fully saturated rings. The molecule has 0 aromatic carbocycles. The fourth-order valence-electron chi connectivity index (χ4n) is 11.1. The van der Waals surface area contributed by atoms with E-state index in [1.54, 1.807) is 0 Å². The molecule has 0 saturated heterocycles. The lowest BCUT2D eigenvalue weighted by Crippen LogP contribution is -2.64. The number of nitrogens with two attached hydrogens (primary N) is 3. The van der Waals surface area contributed by atoms with Crippen LogP contribution in [0, 0.1) is 40.4 Å². The fourth-order valence-corrected chi connectivity index (χ4v) is 11.1. The summed E-state index contributed by atoms with van der Waals surface area (Å²) in [5.41, 5.74) is 18.1. The van der Waals surface area contributed by atoms with Crippen LogP contribution in [-0.2, 0) is 19.0 Å². The van der Waals surface area contributed by atoms with Gasteiger partial charge < -0.3 is 36.7 Å². The van der Waals surface area contributed by atoms with Gasteiger partial charge in [0.05, 0.1) is 18.3 Å². The van der Waals surface area contributed by atoms with Gasteiger partial charge in [0.1, 0.15) is 0 Å². The molecular formula is C40H76N4O4. The molecule has 280 valence electrons. The summed E-state index contributed by atoms with van der Waals surface area (Å²) in [5, 5.41) is 3.25. The normalized spacial score (nSPS) is 35.1. The Morgan fingerprint density at radius 2 is 1.50 bits per heavy atom. The minimum absolute atomic E-state index is 0.0799. The molecule has 0 spiro atoms. The monoisotopic (exact) mass is 677 g/mol. The van der Waals surface area contributed by atoms with Gasteiger partial charge in [-0.1, -0.05) is 59.3 Å². The number of amides is 1. The third-order valence-corrected chi connectivity index (χ3v) is 13.7. The van der Waals surface area contributed by atoms with Crippen molar-refractivity contribution in [2.45, 2.75) is 161 Å². The molecule has 0 aromatic rings. The maximum absolute atomic E-state index is 13.1. The zero-order valence-electron chi connectivity index (χ0n) is 31.4. The minimum Gasteiger partial charge on any atom is -0.378 e. The number of carbonyl (C=O) groups excluding carboxylic acids is 1. The average Bonchev–Trinajstić information content (AvgIpc) is 3.54. The van der Waals surface area contributed by atoms with Crippen molar-refractivity contribution in [2.75, 3.05) is 46.0 Å². The minimum atomic E-state index is 0.0799. The second-order valence-corrected chi connectivity index (χ2v) is 16.5. The lowest BCUT2D eigenvalue weighted by atomic mass is 9.42. The van der Waals surface area contributed by atoms with E-state index in [1.165, 1.54) is 57.8 Å². The zero-order chi connectivity index (χ0) is 34.4. The highest BCUT2D eigenvalue weighted by molar-refractivity contribution is 5.75. The first-order valence-corrected chi connectivity index (χ1v) is 20.6. The molecule has 8 nitrogen and oxygen atoms in total. The van der Waals surface area contributed by atoms with Gasteiger partial charge in [-0.05, 0) is 132 Å². The van der Waals surface area contributed by atoms with Crippen molar-refractivity contribution in [3.63, 3.8) is 0 Å². The molecule has 0 radical (unpaired) electrons. The Hall–Kier alpha value is -0.770. The van der Waals surface area contributed by atoms with Crippen LogP contribution in [0.25, 0.3) is 0 Å². The van der Waals surface area contributed by atoms with Gasteiger partial charge in [-0.3, -0.25) is 4.79 Å². The first-order valence-electron chi connectivity index (χ1n) is 20.6. The van der Waals surface area contributed by atoms with Crippen molar-refractivity contribution in [2.24, 2.45) is 57.6 Å². The molecule has 1 amide bonds. The van der Waals surface area contributed by atoms with Crippen LogP contribution in [0.5, 0.6) is 0 Å². The number of hydrogen-bond acceptors (Lipinski definition) is 7. The molecule has 4 aliphatic rings. The van der Waals surface area contributed by atoms with E-state index in [4.69, 9.17) is 31.4 Å². The molecule has 4 rings (SSSR count). The molecule has 2 unspecified atom stereocenters. The molecule has 7 N–H and O–H groups in total. The predicted octanol–water partition coefficient (Wildman–Crippen LogP) is 6.71. The Labute approximate surface area is 294 Å². The molecule has 0 aliphatic heterocycles. The first kappa shape index (κ1) is 40.0. The molecule has 0 bridgehead atoms. The van der Waals surface area contributed by atoms with Crippen molar-refractivity contribution in [3.8, 4) is 0 Å². The van der Waals surface area contributed by atoms with Gasteiger partial charge >= 0.3 is 0 Å². The van der Waals surface area contributed by atoms with E-state index in [0.29, 0.717) is 61.7 Å². The summed E-state index contributed by atoms with van der Waals surface area (Å²) in [6.07, 6.45) is 21.9. The Kier molecular flexibility index (Phi) is 16.9. The maximum Gasteiger partial charge on any atom is 0.220 e. The standard InChI is InChI=1S/C40H76N4O4/c1-4-5-6-7-8-9-23-44-37(45)16-15-30(2)40-18-10-14-33(40)38-34(29-36(40)48-26-13-22-43)39(3)19-17-32(46-24-11-20-41)27-31(39)28-35(38)47-25-12-21-42/h30-36,38H,4-29,41-43H2,1-3H3,(H,44,45)/t30-,31?,32-,33+,34+,35-,36+,38?,39+,40+/m1/s1. The van der Waals surface area contributed by atoms with Crippen LogP contribution in [0.1, 0.15) is 143 Å². The van der Waals surface area contributed by atoms with Gasteiger partial charge in [-0.25, -0.2) is 0 Å². The topological polar surface area (TPSA) is 135 Å². The highest BCUT2D eigenvalue weighted by atomic mass is 16.5. The second-order valence-electron chi connectivity index (χ2n) is 16.5. The zero-order valence-corrected chi connectivity index (χ0v) is 31.4. The van der Waals surface area contributed by atoms with E-state index in [9.17, 15) is 4.79 Å². The second kappa shape index (κ2) is 20.3. The van der Waals surface area contributed by atoms with Crippen LogP contribution in [0.4, 0.5) is 0 Å². The van der Waals surface area contributed by atoms with E-state index < -0.39 is 0 Å². The molecule has 8 heteroatoms. The van der Waals surface area contributed by atoms with E-state index in [2.05, 4.69) is 26.1 Å². The summed E-state index contributed by atoms with van der Waals surface area (Å²) in [7, 11) is 0. The van der Waals surface area contributed by atoms with Crippen LogP contribution in [-0.4, -0.2) is 70.2 Å². The Balaban J connectivity index is 1.51. The van der Waals surface area contributed by atoms with E-state index in [-0.39, 0.29) is 28.9 Å². The number of unbranched alkanes of at least 4 members (excludes halogenated alkanes) is 5. The lowest BCUT2D eigenvalue weighted by molar-refractivity contribution is -0.232. The number of rotatable bonds is 23. The lowest BCUT2D eigenvalue weighted by Gasteiger charge is -2.65. The summed E-state index contributed by atoms with van der Waals surface area (Å²) in [5.74, 6) is 2.87. The summed E-state index contributed by atoms with van der Waals surface area (Å²) < 4.78 is 20.3. The highest BCUT2D eigenvalue weighted by Crippen LogP contribution is 2.69. The summed E-state index contributed by atoms with van der Waals surface area (Å²) in [6.45, 7) is 12.4.